The molecule has 1 aromatic rings. The van der Waals surface area contributed by atoms with Crippen LogP contribution in [0, 0.1) is 0 Å². The van der Waals surface area contributed by atoms with Crippen LogP contribution in [-0.4, -0.2) is 18.8 Å². The van der Waals surface area contributed by atoms with Gasteiger partial charge in [-0.2, -0.15) is 26.3 Å². The molecule has 1 rings (SSSR count). The Kier molecular flexibility index (Phi) is 5.49. The Morgan fingerprint density at radius 2 is 1.76 bits per heavy atom. The van der Waals surface area contributed by atoms with E-state index in [0.29, 0.717) is 12.0 Å². The Morgan fingerprint density at radius 1 is 1.14 bits per heavy atom. The molecule has 21 heavy (non-hydrogen) atoms. The Bertz CT molecular complexity index is 469. The lowest BCUT2D eigenvalue weighted by molar-refractivity contribution is -0.158. The minimum absolute atomic E-state index is 0.207. The maximum absolute atomic E-state index is 12.9. The first-order valence-electron chi connectivity index (χ1n) is 6.18. The topological polar surface area (TPSA) is 35.2 Å². The van der Waals surface area contributed by atoms with Gasteiger partial charge in [0.1, 0.15) is 5.75 Å². The Morgan fingerprint density at radius 3 is 2.24 bits per heavy atom. The summed E-state index contributed by atoms with van der Waals surface area (Å²) >= 11 is 0. The number of halogens is 6. The highest BCUT2D eigenvalue weighted by Crippen LogP contribution is 2.37. The number of nitrogens with two attached hydrogens (primary N) is 1. The van der Waals surface area contributed by atoms with E-state index in [1.54, 1.807) is 6.92 Å². The molecule has 120 valence electrons. The zero-order valence-corrected chi connectivity index (χ0v) is 11.2. The highest BCUT2D eigenvalue weighted by Gasteiger charge is 2.36. The predicted molar refractivity (Wildman–Crippen MR) is 65.0 cm³/mol. The number of benzene rings is 1. The van der Waals surface area contributed by atoms with Crippen molar-refractivity contribution in [2.24, 2.45) is 5.73 Å². The van der Waals surface area contributed by atoms with Gasteiger partial charge in [-0.05, 0) is 30.5 Å². The zero-order chi connectivity index (χ0) is 16.3. The lowest BCUT2D eigenvalue weighted by Crippen LogP contribution is -2.22. The average Bonchev–Trinajstić information content (AvgIpc) is 2.35. The first-order chi connectivity index (χ1) is 9.53. The number of rotatable bonds is 5. The van der Waals surface area contributed by atoms with Crippen molar-refractivity contribution >= 4 is 0 Å². The molecule has 2 nitrogen and oxygen atoms in total. The van der Waals surface area contributed by atoms with E-state index in [1.807, 2.05) is 0 Å². The van der Waals surface area contributed by atoms with Gasteiger partial charge < -0.3 is 10.5 Å². The third-order valence-corrected chi connectivity index (χ3v) is 2.76. The third-order valence-electron chi connectivity index (χ3n) is 2.76. The minimum Gasteiger partial charge on any atom is -0.483 e. The van der Waals surface area contributed by atoms with E-state index in [1.165, 1.54) is 6.07 Å². The monoisotopic (exact) mass is 315 g/mol. The molecule has 1 unspecified atom stereocenters. The standard InChI is InChI=1S/C13H15F6NO/c1-2-9(20)5-8-3-4-11(21-7-12(14,15)16)10(6-8)13(17,18)19/h3-4,6,9H,2,5,7,20H2,1H3. The van der Waals surface area contributed by atoms with Crippen LogP contribution in [0.5, 0.6) is 5.75 Å². The van der Waals surface area contributed by atoms with Gasteiger partial charge in [-0.3, -0.25) is 0 Å². The van der Waals surface area contributed by atoms with Gasteiger partial charge in [0.05, 0.1) is 5.56 Å². The fourth-order valence-corrected chi connectivity index (χ4v) is 1.66. The van der Waals surface area contributed by atoms with Crippen LogP contribution in [0.2, 0.25) is 0 Å². The SMILES string of the molecule is CCC(N)Cc1ccc(OCC(F)(F)F)c(C(F)(F)F)c1. The van der Waals surface area contributed by atoms with Gasteiger partial charge in [0, 0.05) is 6.04 Å². The largest absolute Gasteiger partial charge is 0.483 e. The quantitative estimate of drug-likeness (QED) is 0.836. The van der Waals surface area contributed by atoms with E-state index in [4.69, 9.17) is 5.73 Å². The molecule has 0 aliphatic carbocycles. The summed E-state index contributed by atoms with van der Waals surface area (Å²) in [7, 11) is 0. The molecule has 1 aromatic carbocycles. The number of hydrogen-bond donors (Lipinski definition) is 1. The summed E-state index contributed by atoms with van der Waals surface area (Å²) in [5.41, 5.74) is 4.73. The molecule has 0 saturated heterocycles. The molecule has 0 spiro atoms. The molecular weight excluding hydrogens is 300 g/mol. The van der Waals surface area contributed by atoms with Gasteiger partial charge in [-0.25, -0.2) is 0 Å². The van der Waals surface area contributed by atoms with Crippen molar-refractivity contribution in [3.05, 3.63) is 29.3 Å². The fraction of sp³-hybridized carbons (Fsp3) is 0.538. The van der Waals surface area contributed by atoms with Crippen LogP contribution in [0.1, 0.15) is 24.5 Å². The number of hydrogen-bond acceptors (Lipinski definition) is 2. The van der Waals surface area contributed by atoms with E-state index in [-0.39, 0.29) is 12.5 Å². The molecule has 0 aliphatic heterocycles. The molecule has 0 aromatic heterocycles. The van der Waals surface area contributed by atoms with E-state index < -0.39 is 30.3 Å². The summed E-state index contributed by atoms with van der Waals surface area (Å²) in [5, 5.41) is 0. The van der Waals surface area contributed by atoms with Crippen molar-refractivity contribution in [1.82, 2.24) is 0 Å². The van der Waals surface area contributed by atoms with E-state index in [9.17, 15) is 26.3 Å². The summed E-state index contributed by atoms with van der Waals surface area (Å²) in [5.74, 6) is -0.839. The van der Waals surface area contributed by atoms with Crippen molar-refractivity contribution in [1.29, 1.82) is 0 Å². The van der Waals surface area contributed by atoms with Crippen LogP contribution < -0.4 is 10.5 Å². The molecule has 0 bridgehead atoms. The van der Waals surface area contributed by atoms with Crippen molar-refractivity contribution in [3.8, 4) is 5.75 Å². The molecule has 2 N–H and O–H groups in total. The third kappa shape index (κ3) is 5.82. The van der Waals surface area contributed by atoms with Gasteiger partial charge >= 0.3 is 12.4 Å². The van der Waals surface area contributed by atoms with Crippen molar-refractivity contribution < 1.29 is 31.1 Å². The van der Waals surface area contributed by atoms with Gasteiger partial charge in [0.25, 0.3) is 0 Å². The van der Waals surface area contributed by atoms with Crippen molar-refractivity contribution in [2.45, 2.75) is 38.2 Å². The van der Waals surface area contributed by atoms with E-state index >= 15 is 0 Å². The number of alkyl halides is 6. The van der Waals surface area contributed by atoms with Crippen LogP contribution >= 0.6 is 0 Å². The maximum atomic E-state index is 12.9. The summed E-state index contributed by atoms with van der Waals surface area (Å²) < 4.78 is 79.0. The molecule has 8 heteroatoms. The zero-order valence-electron chi connectivity index (χ0n) is 11.2. The first-order valence-corrected chi connectivity index (χ1v) is 6.18. The maximum Gasteiger partial charge on any atom is 0.422 e. The Labute approximate surface area is 117 Å². The number of ether oxygens (including phenoxy) is 1. The van der Waals surface area contributed by atoms with Gasteiger partial charge in [-0.1, -0.05) is 13.0 Å². The predicted octanol–water partition coefficient (Wildman–Crippen LogP) is 3.93. The van der Waals surface area contributed by atoms with Gasteiger partial charge in [0.2, 0.25) is 0 Å². The summed E-state index contributed by atoms with van der Waals surface area (Å²) in [6.07, 6.45) is -8.72. The van der Waals surface area contributed by atoms with Gasteiger partial charge in [0.15, 0.2) is 6.61 Å². The molecule has 1 atom stereocenters. The first kappa shape index (κ1) is 17.6. The van der Waals surface area contributed by atoms with Crippen molar-refractivity contribution in [3.63, 3.8) is 0 Å². The summed E-state index contributed by atoms with van der Waals surface area (Å²) in [6.45, 7) is 0.0139. The molecule has 0 radical (unpaired) electrons. The lowest BCUT2D eigenvalue weighted by Gasteiger charge is -2.17. The second-order valence-electron chi connectivity index (χ2n) is 4.60. The molecule has 0 amide bonds. The second kappa shape index (κ2) is 6.55. The average molecular weight is 315 g/mol. The molecular formula is C13H15F6NO. The summed E-state index contributed by atoms with van der Waals surface area (Å²) in [4.78, 5) is 0. The van der Waals surface area contributed by atoms with E-state index in [0.717, 1.165) is 12.1 Å². The van der Waals surface area contributed by atoms with Crippen LogP contribution in [-0.2, 0) is 12.6 Å². The summed E-state index contributed by atoms with van der Waals surface area (Å²) in [6, 6.07) is 2.65. The Hall–Kier alpha value is -1.44. The molecule has 0 fully saturated rings. The van der Waals surface area contributed by atoms with Crippen LogP contribution in [0.3, 0.4) is 0 Å². The molecule has 0 heterocycles. The fourth-order valence-electron chi connectivity index (χ4n) is 1.66. The van der Waals surface area contributed by atoms with E-state index in [2.05, 4.69) is 4.74 Å². The van der Waals surface area contributed by atoms with Gasteiger partial charge in [-0.15, -0.1) is 0 Å². The highest BCUT2D eigenvalue weighted by molar-refractivity contribution is 5.39. The normalized spacial score (nSPS) is 14.1. The second-order valence-corrected chi connectivity index (χ2v) is 4.60. The Balaban J connectivity index is 3.03. The van der Waals surface area contributed by atoms with Crippen LogP contribution in [0.25, 0.3) is 0 Å². The van der Waals surface area contributed by atoms with Crippen LogP contribution in [0.4, 0.5) is 26.3 Å². The minimum atomic E-state index is -4.80. The molecule has 0 aliphatic rings. The smallest absolute Gasteiger partial charge is 0.422 e. The van der Waals surface area contributed by atoms with Crippen LogP contribution in [0.15, 0.2) is 18.2 Å². The van der Waals surface area contributed by atoms with Crippen molar-refractivity contribution in [2.75, 3.05) is 6.61 Å². The molecule has 0 saturated carbocycles. The lowest BCUT2D eigenvalue weighted by atomic mass is 10.0. The highest BCUT2D eigenvalue weighted by atomic mass is 19.4.